The van der Waals surface area contributed by atoms with Crippen molar-refractivity contribution in [3.05, 3.63) is 28.2 Å². The molecule has 1 aromatic carbocycles. The van der Waals surface area contributed by atoms with Crippen molar-refractivity contribution < 1.29 is 0 Å². The third-order valence-corrected chi connectivity index (χ3v) is 4.03. The number of hydrogen-bond acceptors (Lipinski definition) is 3. The fourth-order valence-corrected chi connectivity index (χ4v) is 3.21. The van der Waals surface area contributed by atoms with Crippen molar-refractivity contribution in [3.63, 3.8) is 0 Å². The van der Waals surface area contributed by atoms with Gasteiger partial charge in [-0.1, -0.05) is 15.9 Å². The molecule has 0 unspecified atom stereocenters. The average molecular weight is 269 g/mol. The lowest BCUT2D eigenvalue weighted by molar-refractivity contribution is 0.603. The first kappa shape index (κ1) is 8.80. The zero-order valence-corrected chi connectivity index (χ0v) is 9.94. The molecule has 0 N–H and O–H groups in total. The molecule has 2 heterocycles. The molecule has 2 aliphatic heterocycles. The molecular formula is C10H9BrN2S. The molecule has 0 spiro atoms. The van der Waals surface area contributed by atoms with Crippen LogP contribution in [0.4, 0.5) is 0 Å². The van der Waals surface area contributed by atoms with Gasteiger partial charge in [0.05, 0.1) is 0 Å². The van der Waals surface area contributed by atoms with Crippen LogP contribution in [0.25, 0.3) is 0 Å². The Morgan fingerprint density at radius 1 is 1.43 bits per heavy atom. The molecule has 2 nitrogen and oxygen atoms in total. The van der Waals surface area contributed by atoms with Crippen LogP contribution in [-0.4, -0.2) is 23.2 Å². The van der Waals surface area contributed by atoms with Crippen LogP contribution in [0.5, 0.6) is 0 Å². The van der Waals surface area contributed by atoms with Crippen LogP contribution in [-0.2, 0) is 0 Å². The van der Waals surface area contributed by atoms with Crippen molar-refractivity contribution in [2.24, 2.45) is 4.99 Å². The second-order valence-corrected chi connectivity index (χ2v) is 5.37. The first-order valence-corrected chi connectivity index (χ1v) is 6.21. The summed E-state index contributed by atoms with van der Waals surface area (Å²) in [5.41, 5.74) is 1.28. The van der Waals surface area contributed by atoms with Gasteiger partial charge in [-0.25, -0.2) is 0 Å². The molecule has 3 rings (SSSR count). The van der Waals surface area contributed by atoms with Crippen LogP contribution in [0.3, 0.4) is 0 Å². The van der Waals surface area contributed by atoms with E-state index in [1.807, 2.05) is 11.9 Å². The maximum absolute atomic E-state index is 4.57. The Kier molecular flexibility index (Phi) is 2.06. The summed E-state index contributed by atoms with van der Waals surface area (Å²) in [5, 5.41) is 0. The van der Waals surface area contributed by atoms with Crippen LogP contribution in [0, 0.1) is 0 Å². The molecule has 0 atom stereocenters. The molecule has 0 radical (unpaired) electrons. The van der Waals surface area contributed by atoms with E-state index < -0.39 is 0 Å². The van der Waals surface area contributed by atoms with Gasteiger partial charge in [-0.05, 0) is 36.6 Å². The lowest BCUT2D eigenvalue weighted by Crippen LogP contribution is -2.26. The van der Waals surface area contributed by atoms with Crippen LogP contribution in [0.15, 0.2) is 32.6 Å². The fraction of sp³-hybridized carbons (Fsp3) is 0.300. The van der Waals surface area contributed by atoms with Crippen molar-refractivity contribution in [3.8, 4) is 0 Å². The lowest BCUT2D eigenvalue weighted by Gasteiger charge is -2.20. The quantitative estimate of drug-likeness (QED) is 0.673. The summed E-state index contributed by atoms with van der Waals surface area (Å²) in [5.74, 6) is 1.16. The Bertz CT molecular complexity index is 417. The highest BCUT2D eigenvalue weighted by molar-refractivity contribution is 9.10. The first-order valence-electron chi connectivity index (χ1n) is 4.64. The molecule has 0 bridgehead atoms. The number of halogens is 1. The minimum Gasteiger partial charge on any atom is -0.296 e. The molecule has 0 saturated carbocycles. The van der Waals surface area contributed by atoms with Crippen molar-refractivity contribution in [2.45, 2.75) is 11.3 Å². The zero-order valence-electron chi connectivity index (χ0n) is 7.53. The van der Waals surface area contributed by atoms with Gasteiger partial charge in [0.25, 0.3) is 0 Å². The molecule has 1 aromatic rings. The zero-order chi connectivity index (χ0) is 9.54. The Labute approximate surface area is 95.7 Å². The Morgan fingerprint density at radius 3 is 3.29 bits per heavy atom. The largest absolute Gasteiger partial charge is 0.296 e. The number of rotatable bonds is 0. The van der Waals surface area contributed by atoms with E-state index in [1.54, 1.807) is 0 Å². The van der Waals surface area contributed by atoms with Crippen molar-refractivity contribution in [1.82, 2.24) is 4.31 Å². The number of aliphatic imine (C=N–C) groups is 1. The minimum atomic E-state index is 0.971. The van der Waals surface area contributed by atoms with E-state index >= 15 is 0 Å². The second-order valence-electron chi connectivity index (χ2n) is 3.39. The fourth-order valence-electron chi connectivity index (χ4n) is 1.77. The maximum Gasteiger partial charge on any atom is 0.142 e. The van der Waals surface area contributed by atoms with Gasteiger partial charge in [0.1, 0.15) is 5.84 Å². The van der Waals surface area contributed by atoms with Crippen molar-refractivity contribution in [2.75, 3.05) is 13.1 Å². The third kappa shape index (κ3) is 1.28. The number of nitrogens with zero attached hydrogens (tertiary/aromatic N) is 2. The highest BCUT2D eigenvalue weighted by atomic mass is 79.9. The summed E-state index contributed by atoms with van der Waals surface area (Å²) < 4.78 is 3.42. The second kappa shape index (κ2) is 3.28. The third-order valence-electron chi connectivity index (χ3n) is 2.41. The Morgan fingerprint density at radius 2 is 2.36 bits per heavy atom. The number of fused-ring (bicyclic) bond motifs is 3. The molecule has 2 aliphatic rings. The number of amidine groups is 1. The van der Waals surface area contributed by atoms with Gasteiger partial charge >= 0.3 is 0 Å². The van der Waals surface area contributed by atoms with Crippen molar-refractivity contribution >= 4 is 33.7 Å². The van der Waals surface area contributed by atoms with Crippen LogP contribution >= 0.6 is 27.9 Å². The summed E-state index contributed by atoms with van der Waals surface area (Å²) in [7, 11) is 0. The normalized spacial score (nSPS) is 18.9. The molecule has 0 aromatic heterocycles. The van der Waals surface area contributed by atoms with E-state index in [1.165, 1.54) is 16.9 Å². The molecule has 0 amide bonds. The summed E-state index contributed by atoms with van der Waals surface area (Å²) in [6.45, 7) is 2.09. The molecule has 72 valence electrons. The van der Waals surface area contributed by atoms with E-state index in [0.717, 1.165) is 23.4 Å². The van der Waals surface area contributed by atoms with Gasteiger partial charge in [0.2, 0.25) is 0 Å². The van der Waals surface area contributed by atoms with Crippen LogP contribution < -0.4 is 0 Å². The van der Waals surface area contributed by atoms with Gasteiger partial charge in [-0.15, -0.1) is 0 Å². The highest BCUT2D eigenvalue weighted by Crippen LogP contribution is 2.38. The summed E-state index contributed by atoms with van der Waals surface area (Å²) in [6, 6.07) is 6.41. The van der Waals surface area contributed by atoms with E-state index in [2.05, 4.69) is 43.4 Å². The predicted octanol–water partition coefficient (Wildman–Crippen LogP) is 2.92. The van der Waals surface area contributed by atoms with Crippen LogP contribution in [0.2, 0.25) is 0 Å². The predicted molar refractivity (Wildman–Crippen MR) is 62.7 cm³/mol. The molecule has 14 heavy (non-hydrogen) atoms. The maximum atomic E-state index is 4.57. The van der Waals surface area contributed by atoms with Gasteiger partial charge in [-0.2, -0.15) is 0 Å². The minimum absolute atomic E-state index is 0.971. The number of hydrogen-bond donors (Lipinski definition) is 0. The van der Waals surface area contributed by atoms with E-state index in [0.29, 0.717) is 0 Å². The van der Waals surface area contributed by atoms with Gasteiger partial charge in [0, 0.05) is 28.0 Å². The standard InChI is InChI=1S/C10H9BrN2S/c11-7-2-3-9-8(6-7)10-12-4-1-5-13(10)14-9/h2-3,6H,1,4-5H2. The smallest absolute Gasteiger partial charge is 0.142 e. The van der Waals surface area contributed by atoms with Gasteiger partial charge in [0.15, 0.2) is 0 Å². The number of benzene rings is 1. The monoisotopic (exact) mass is 268 g/mol. The lowest BCUT2D eigenvalue weighted by atomic mass is 10.2. The molecular weight excluding hydrogens is 260 g/mol. The highest BCUT2D eigenvalue weighted by Gasteiger charge is 2.28. The Balaban J connectivity index is 2.13. The van der Waals surface area contributed by atoms with Crippen molar-refractivity contribution in [1.29, 1.82) is 0 Å². The van der Waals surface area contributed by atoms with Crippen LogP contribution in [0.1, 0.15) is 12.0 Å². The average Bonchev–Trinajstić information content (AvgIpc) is 2.56. The SMILES string of the molecule is Brc1ccc2c(c1)C1=NCCCN1S2. The summed E-state index contributed by atoms with van der Waals surface area (Å²) >= 11 is 5.31. The topological polar surface area (TPSA) is 15.6 Å². The molecule has 0 aliphatic carbocycles. The first-order chi connectivity index (χ1) is 6.84. The molecule has 0 fully saturated rings. The van der Waals surface area contributed by atoms with E-state index in [4.69, 9.17) is 0 Å². The van der Waals surface area contributed by atoms with Gasteiger partial charge < -0.3 is 0 Å². The molecule has 0 saturated heterocycles. The Hall–Kier alpha value is -0.480. The van der Waals surface area contributed by atoms with E-state index in [-0.39, 0.29) is 0 Å². The summed E-state index contributed by atoms with van der Waals surface area (Å²) in [6.07, 6.45) is 1.17. The molecule has 4 heteroatoms. The van der Waals surface area contributed by atoms with E-state index in [9.17, 15) is 0 Å². The van der Waals surface area contributed by atoms with Gasteiger partial charge in [-0.3, -0.25) is 9.30 Å². The summed E-state index contributed by atoms with van der Waals surface area (Å²) in [4.78, 5) is 5.90.